The molecule has 2 amide bonds. The third-order valence-electron chi connectivity index (χ3n) is 6.39. The van der Waals surface area contributed by atoms with Crippen molar-refractivity contribution in [3.8, 4) is 11.1 Å². The molecule has 180 valence electrons. The minimum Gasteiger partial charge on any atom is -0.481 e. The molecule has 1 aliphatic carbocycles. The standard InChI is InChI=1S/C26H30N2O6/c29-24(30)11-5-6-12-27-25(31)17-13-18(33-15-17)14-28-26(32)34-16-23-21-9-3-1-7-19(21)20-8-2-4-10-22(20)23/h1-4,7-10,17-18,23H,5-6,11-16H2,(H,27,31)(H,28,32)(H,29,30)/t17-,18-/m0/s1. The number of rotatable bonds is 10. The SMILES string of the molecule is O=C(O)CCCCNC(=O)[C@@H]1CO[C@H](CNC(=O)OCC2c3ccccc3-c3ccccc32)C1. The number of benzene rings is 2. The highest BCUT2D eigenvalue weighted by Crippen LogP contribution is 2.44. The van der Waals surface area contributed by atoms with Crippen LogP contribution in [0.1, 0.15) is 42.7 Å². The van der Waals surface area contributed by atoms with Gasteiger partial charge in [0.15, 0.2) is 0 Å². The van der Waals surface area contributed by atoms with E-state index in [9.17, 15) is 14.4 Å². The quantitative estimate of drug-likeness (QED) is 0.463. The molecule has 3 N–H and O–H groups in total. The molecular formula is C26H30N2O6. The van der Waals surface area contributed by atoms with Gasteiger partial charge in [-0.15, -0.1) is 0 Å². The zero-order valence-corrected chi connectivity index (χ0v) is 19.0. The minimum absolute atomic E-state index is 0.00413. The number of ether oxygens (including phenoxy) is 2. The molecule has 2 aliphatic rings. The summed E-state index contributed by atoms with van der Waals surface area (Å²) in [5.74, 6) is -1.19. The van der Waals surface area contributed by atoms with Crippen molar-refractivity contribution in [2.45, 2.75) is 37.7 Å². The van der Waals surface area contributed by atoms with Crippen LogP contribution in [0.3, 0.4) is 0 Å². The van der Waals surface area contributed by atoms with Crippen molar-refractivity contribution < 1.29 is 29.0 Å². The second-order valence-corrected chi connectivity index (χ2v) is 8.74. The van der Waals surface area contributed by atoms with Gasteiger partial charge in [0.2, 0.25) is 5.91 Å². The number of carbonyl (C=O) groups is 3. The molecule has 1 saturated heterocycles. The summed E-state index contributed by atoms with van der Waals surface area (Å²) < 4.78 is 11.2. The monoisotopic (exact) mass is 466 g/mol. The molecule has 0 unspecified atom stereocenters. The van der Waals surface area contributed by atoms with Gasteiger partial charge in [-0.1, -0.05) is 48.5 Å². The smallest absolute Gasteiger partial charge is 0.407 e. The Balaban J connectivity index is 1.18. The first-order valence-corrected chi connectivity index (χ1v) is 11.7. The van der Waals surface area contributed by atoms with Gasteiger partial charge in [0, 0.05) is 25.4 Å². The lowest BCUT2D eigenvalue weighted by Crippen LogP contribution is -2.34. The van der Waals surface area contributed by atoms with E-state index in [-0.39, 0.29) is 43.4 Å². The molecule has 0 aromatic heterocycles. The van der Waals surface area contributed by atoms with Crippen LogP contribution < -0.4 is 10.6 Å². The maximum Gasteiger partial charge on any atom is 0.407 e. The zero-order valence-electron chi connectivity index (χ0n) is 19.0. The van der Waals surface area contributed by atoms with Crippen molar-refractivity contribution in [2.24, 2.45) is 5.92 Å². The van der Waals surface area contributed by atoms with E-state index in [2.05, 4.69) is 34.9 Å². The lowest BCUT2D eigenvalue weighted by molar-refractivity contribution is -0.137. The number of carboxylic acid groups (broad SMARTS) is 1. The Kier molecular flexibility index (Phi) is 7.80. The predicted octanol–water partition coefficient (Wildman–Crippen LogP) is 3.30. The summed E-state index contributed by atoms with van der Waals surface area (Å²) in [6, 6.07) is 16.4. The number of hydrogen-bond acceptors (Lipinski definition) is 5. The topological polar surface area (TPSA) is 114 Å². The van der Waals surface area contributed by atoms with E-state index >= 15 is 0 Å². The number of fused-ring (bicyclic) bond motifs is 3. The maximum absolute atomic E-state index is 12.3. The van der Waals surface area contributed by atoms with Crippen molar-refractivity contribution in [1.29, 1.82) is 0 Å². The second-order valence-electron chi connectivity index (χ2n) is 8.74. The van der Waals surface area contributed by atoms with Crippen molar-refractivity contribution in [1.82, 2.24) is 10.6 Å². The van der Waals surface area contributed by atoms with E-state index in [1.54, 1.807) is 0 Å². The van der Waals surface area contributed by atoms with Crippen LogP contribution in [0.4, 0.5) is 4.79 Å². The molecular weight excluding hydrogens is 436 g/mol. The molecule has 1 heterocycles. The van der Waals surface area contributed by atoms with Crippen LogP contribution in [-0.4, -0.2) is 55.5 Å². The molecule has 0 spiro atoms. The molecule has 2 aromatic carbocycles. The lowest BCUT2D eigenvalue weighted by atomic mass is 9.98. The number of amides is 2. The molecule has 1 aliphatic heterocycles. The fourth-order valence-corrected chi connectivity index (χ4v) is 4.63. The molecule has 0 saturated carbocycles. The van der Waals surface area contributed by atoms with Crippen LogP contribution >= 0.6 is 0 Å². The Labute approximate surface area is 198 Å². The normalized spacial score (nSPS) is 18.7. The van der Waals surface area contributed by atoms with Crippen molar-refractivity contribution in [3.05, 3.63) is 59.7 Å². The van der Waals surface area contributed by atoms with Gasteiger partial charge in [0.25, 0.3) is 0 Å². The number of aliphatic carboxylic acids is 1. The van der Waals surface area contributed by atoms with Crippen LogP contribution in [0.15, 0.2) is 48.5 Å². The average Bonchev–Trinajstić information content (AvgIpc) is 3.44. The first-order valence-electron chi connectivity index (χ1n) is 11.7. The Morgan fingerprint density at radius 2 is 1.65 bits per heavy atom. The summed E-state index contributed by atoms with van der Waals surface area (Å²) in [4.78, 5) is 35.1. The summed E-state index contributed by atoms with van der Waals surface area (Å²) >= 11 is 0. The molecule has 34 heavy (non-hydrogen) atoms. The van der Waals surface area contributed by atoms with Crippen molar-refractivity contribution in [3.63, 3.8) is 0 Å². The van der Waals surface area contributed by atoms with Gasteiger partial charge in [0.05, 0.1) is 18.6 Å². The van der Waals surface area contributed by atoms with Gasteiger partial charge in [-0.25, -0.2) is 4.79 Å². The molecule has 2 aromatic rings. The van der Waals surface area contributed by atoms with Gasteiger partial charge in [-0.3, -0.25) is 9.59 Å². The van der Waals surface area contributed by atoms with Crippen LogP contribution in [0.2, 0.25) is 0 Å². The number of alkyl carbamates (subject to hydrolysis) is 1. The van der Waals surface area contributed by atoms with E-state index in [0.717, 1.165) is 11.1 Å². The molecule has 8 nitrogen and oxygen atoms in total. The van der Waals surface area contributed by atoms with Crippen LogP contribution in [0.25, 0.3) is 11.1 Å². The predicted molar refractivity (Wildman–Crippen MR) is 125 cm³/mol. The van der Waals surface area contributed by atoms with Gasteiger partial charge < -0.3 is 25.2 Å². The molecule has 1 fully saturated rings. The number of hydrogen-bond donors (Lipinski definition) is 3. The Hall–Kier alpha value is -3.39. The molecule has 0 radical (unpaired) electrons. The largest absolute Gasteiger partial charge is 0.481 e. The molecule has 0 bridgehead atoms. The summed E-state index contributed by atoms with van der Waals surface area (Å²) in [5, 5.41) is 14.2. The van der Waals surface area contributed by atoms with E-state index in [4.69, 9.17) is 14.6 Å². The average molecular weight is 467 g/mol. The fourth-order valence-electron chi connectivity index (χ4n) is 4.63. The molecule has 8 heteroatoms. The fraction of sp³-hybridized carbons (Fsp3) is 0.423. The van der Waals surface area contributed by atoms with Gasteiger partial charge in [0.1, 0.15) is 6.61 Å². The van der Waals surface area contributed by atoms with Crippen molar-refractivity contribution >= 4 is 18.0 Å². The lowest BCUT2D eigenvalue weighted by Gasteiger charge is -2.15. The third-order valence-corrected chi connectivity index (χ3v) is 6.39. The van der Waals surface area contributed by atoms with Crippen molar-refractivity contribution in [2.75, 3.05) is 26.3 Å². The van der Waals surface area contributed by atoms with Gasteiger partial charge in [-0.2, -0.15) is 0 Å². The third kappa shape index (κ3) is 5.75. The summed E-state index contributed by atoms with van der Waals surface area (Å²) in [6.45, 7) is 1.28. The summed E-state index contributed by atoms with van der Waals surface area (Å²) in [6.07, 6.45) is 1.03. The highest BCUT2D eigenvalue weighted by molar-refractivity contribution is 5.79. The first-order chi connectivity index (χ1) is 16.5. The van der Waals surface area contributed by atoms with Crippen LogP contribution in [0.5, 0.6) is 0 Å². The van der Waals surface area contributed by atoms with E-state index in [1.807, 2.05) is 24.3 Å². The van der Waals surface area contributed by atoms with E-state index in [0.29, 0.717) is 32.4 Å². The Morgan fingerprint density at radius 3 is 2.32 bits per heavy atom. The summed E-state index contributed by atoms with van der Waals surface area (Å²) in [5.41, 5.74) is 4.68. The highest BCUT2D eigenvalue weighted by atomic mass is 16.5. The summed E-state index contributed by atoms with van der Waals surface area (Å²) in [7, 11) is 0. The molecule has 2 atom stereocenters. The number of carboxylic acids is 1. The van der Waals surface area contributed by atoms with Crippen LogP contribution in [-0.2, 0) is 19.1 Å². The highest BCUT2D eigenvalue weighted by Gasteiger charge is 2.32. The Bertz CT molecular complexity index is 994. The number of unbranched alkanes of at least 4 members (excludes halogenated alkanes) is 1. The van der Waals surface area contributed by atoms with Gasteiger partial charge in [-0.05, 0) is 41.5 Å². The minimum atomic E-state index is -0.831. The van der Waals surface area contributed by atoms with E-state index in [1.165, 1.54) is 11.1 Å². The Morgan fingerprint density at radius 1 is 0.971 bits per heavy atom. The first kappa shape index (κ1) is 23.8. The maximum atomic E-state index is 12.3. The van der Waals surface area contributed by atoms with Crippen LogP contribution in [0, 0.1) is 5.92 Å². The molecule has 4 rings (SSSR count). The number of nitrogens with one attached hydrogen (secondary N) is 2. The second kappa shape index (κ2) is 11.2. The zero-order chi connectivity index (χ0) is 23.9. The van der Waals surface area contributed by atoms with E-state index < -0.39 is 12.1 Å². The number of carbonyl (C=O) groups excluding carboxylic acids is 2. The van der Waals surface area contributed by atoms with Gasteiger partial charge >= 0.3 is 12.1 Å².